The van der Waals surface area contributed by atoms with Crippen molar-refractivity contribution in [3.05, 3.63) is 29.3 Å². The zero-order valence-electron chi connectivity index (χ0n) is 17.6. The van der Waals surface area contributed by atoms with E-state index in [1.165, 1.54) is 5.56 Å². The predicted octanol–water partition coefficient (Wildman–Crippen LogP) is 3.11. The molecule has 0 bridgehead atoms. The van der Waals surface area contributed by atoms with Gasteiger partial charge in [0.05, 0.1) is 26.4 Å². The van der Waals surface area contributed by atoms with Gasteiger partial charge in [0.1, 0.15) is 5.75 Å². The van der Waals surface area contributed by atoms with E-state index in [1.54, 1.807) is 7.11 Å². The number of fused-ring (bicyclic) bond motifs is 5. The van der Waals surface area contributed by atoms with Crippen LogP contribution in [0.2, 0.25) is 0 Å². The Morgan fingerprint density at radius 2 is 2.03 bits per heavy atom. The van der Waals surface area contributed by atoms with Crippen LogP contribution in [-0.4, -0.2) is 61.9 Å². The van der Waals surface area contributed by atoms with Gasteiger partial charge in [-0.05, 0) is 66.5 Å². The molecule has 3 fully saturated rings. The first-order valence-corrected chi connectivity index (χ1v) is 11.2. The molecule has 1 heterocycles. The smallest absolute Gasteiger partial charge is 0.167 e. The second kappa shape index (κ2) is 7.36. The molecule has 0 spiro atoms. The van der Waals surface area contributed by atoms with Crippen molar-refractivity contribution in [3.63, 3.8) is 0 Å². The van der Waals surface area contributed by atoms with Gasteiger partial charge < -0.3 is 14.6 Å². The highest BCUT2D eigenvalue weighted by Gasteiger charge is 2.58. The van der Waals surface area contributed by atoms with E-state index in [1.807, 2.05) is 12.1 Å². The third kappa shape index (κ3) is 3.05. The number of hydrogen-bond donors (Lipinski definition) is 1. The van der Waals surface area contributed by atoms with Gasteiger partial charge in [0.25, 0.3) is 0 Å². The van der Waals surface area contributed by atoms with Crippen LogP contribution in [0.3, 0.4) is 0 Å². The second-order valence-electron chi connectivity index (χ2n) is 9.76. The van der Waals surface area contributed by atoms with Gasteiger partial charge in [-0.1, -0.05) is 13.0 Å². The normalized spacial score (nSPS) is 39.6. The number of aliphatic hydroxyl groups excluding tert-OH is 1. The summed E-state index contributed by atoms with van der Waals surface area (Å²) in [4.78, 5) is 16.2. The molecule has 158 valence electrons. The third-order valence-electron chi connectivity index (χ3n) is 8.57. The van der Waals surface area contributed by atoms with Crippen molar-refractivity contribution < 1.29 is 19.4 Å². The Morgan fingerprint density at radius 1 is 1.24 bits per heavy atom. The lowest BCUT2D eigenvalue weighted by Crippen LogP contribution is -2.52. The summed E-state index contributed by atoms with van der Waals surface area (Å²) >= 11 is 0. The molecule has 0 amide bonds. The second-order valence-corrected chi connectivity index (χ2v) is 9.76. The summed E-state index contributed by atoms with van der Waals surface area (Å²) in [5.41, 5.74) is 2.03. The molecule has 3 aliphatic carbocycles. The Bertz CT molecular complexity index is 789. The minimum Gasteiger partial charge on any atom is -0.497 e. The van der Waals surface area contributed by atoms with Crippen LogP contribution in [0, 0.1) is 23.2 Å². The molecule has 1 aliphatic heterocycles. The Hall–Kier alpha value is -1.43. The maximum Gasteiger partial charge on any atom is 0.167 e. The lowest BCUT2D eigenvalue weighted by molar-refractivity contribution is -0.0424. The van der Waals surface area contributed by atoms with Crippen molar-refractivity contribution in [2.75, 3.05) is 40.0 Å². The molecule has 1 aromatic rings. The number of hydrogen-bond acceptors (Lipinski definition) is 5. The third-order valence-corrected chi connectivity index (χ3v) is 8.57. The van der Waals surface area contributed by atoms with E-state index in [0.717, 1.165) is 69.8 Å². The molecule has 1 N–H and O–H groups in total. The molecule has 0 unspecified atom stereocenters. The summed E-state index contributed by atoms with van der Waals surface area (Å²) < 4.78 is 11.0. The van der Waals surface area contributed by atoms with Gasteiger partial charge in [-0.3, -0.25) is 9.69 Å². The molecule has 1 saturated heterocycles. The van der Waals surface area contributed by atoms with E-state index in [0.29, 0.717) is 17.8 Å². The van der Waals surface area contributed by atoms with Crippen molar-refractivity contribution in [1.82, 2.24) is 4.90 Å². The Morgan fingerprint density at radius 3 is 2.79 bits per heavy atom. The first-order valence-electron chi connectivity index (χ1n) is 11.2. The number of aliphatic hydroxyl groups is 1. The lowest BCUT2D eigenvalue weighted by atomic mass is 9.52. The molecule has 2 saturated carbocycles. The number of Topliss-reactive ketones (excluding diaryl/α,β-unsaturated/α-hetero) is 1. The molecule has 0 aromatic heterocycles. The average Bonchev–Trinajstić information content (AvgIpc) is 3.05. The van der Waals surface area contributed by atoms with E-state index >= 15 is 0 Å². The van der Waals surface area contributed by atoms with Crippen molar-refractivity contribution >= 4 is 5.78 Å². The lowest BCUT2D eigenvalue weighted by Gasteiger charge is -2.53. The first kappa shape index (κ1) is 19.5. The van der Waals surface area contributed by atoms with E-state index in [2.05, 4.69) is 17.9 Å². The number of morpholine rings is 1. The zero-order valence-corrected chi connectivity index (χ0v) is 17.6. The zero-order chi connectivity index (χ0) is 20.2. The number of benzene rings is 1. The molecular weight excluding hydrogens is 366 g/mol. The topological polar surface area (TPSA) is 59.0 Å². The maximum absolute atomic E-state index is 13.8. The van der Waals surface area contributed by atoms with Crippen molar-refractivity contribution in [2.45, 2.75) is 44.6 Å². The highest BCUT2D eigenvalue weighted by atomic mass is 16.5. The number of ketones is 1. The number of carbonyl (C=O) groups is 1. The summed E-state index contributed by atoms with van der Waals surface area (Å²) in [5.74, 6) is 2.18. The van der Waals surface area contributed by atoms with Gasteiger partial charge >= 0.3 is 0 Å². The molecule has 1 aromatic carbocycles. The molecule has 29 heavy (non-hydrogen) atoms. The largest absolute Gasteiger partial charge is 0.497 e. The number of ether oxygens (including phenoxy) is 2. The average molecular weight is 400 g/mol. The van der Waals surface area contributed by atoms with Gasteiger partial charge in [-0.2, -0.15) is 0 Å². The minimum absolute atomic E-state index is 0.00682. The predicted molar refractivity (Wildman–Crippen MR) is 110 cm³/mol. The molecule has 4 aliphatic rings. The van der Waals surface area contributed by atoms with E-state index in [9.17, 15) is 9.90 Å². The van der Waals surface area contributed by atoms with Crippen molar-refractivity contribution in [2.24, 2.45) is 23.2 Å². The fraction of sp³-hybridized carbons (Fsp3) is 0.708. The fourth-order valence-electron chi connectivity index (χ4n) is 6.93. The summed E-state index contributed by atoms with van der Waals surface area (Å²) in [6.45, 7) is 6.37. The van der Waals surface area contributed by atoms with Crippen LogP contribution in [0.15, 0.2) is 18.2 Å². The van der Waals surface area contributed by atoms with Gasteiger partial charge in [0.2, 0.25) is 0 Å². The number of nitrogens with zero attached hydrogens (tertiary/aromatic N) is 1. The highest BCUT2D eigenvalue weighted by molar-refractivity contribution is 6.01. The Balaban J connectivity index is 1.56. The summed E-state index contributed by atoms with van der Waals surface area (Å²) in [6, 6.07) is 6.09. The van der Waals surface area contributed by atoms with Crippen LogP contribution in [0.5, 0.6) is 5.75 Å². The molecule has 6 atom stereocenters. The molecule has 5 heteroatoms. The number of rotatable bonds is 3. The SMILES string of the molecule is COc1ccc2c(c1)C(=O)[C@H](CN1CCOCC1)[C@@H]1[C@@H]2CC[C@]2(C)[C@@H](O)CC[C@@H]12. The Kier molecular flexibility index (Phi) is 4.96. The molecule has 5 nitrogen and oxygen atoms in total. The van der Waals surface area contributed by atoms with Crippen LogP contribution < -0.4 is 4.74 Å². The monoisotopic (exact) mass is 399 g/mol. The van der Waals surface area contributed by atoms with Crippen LogP contribution in [0.25, 0.3) is 0 Å². The first-order chi connectivity index (χ1) is 14.0. The number of methoxy groups -OCH3 is 1. The van der Waals surface area contributed by atoms with E-state index < -0.39 is 0 Å². The fourth-order valence-corrected chi connectivity index (χ4v) is 6.93. The summed E-state index contributed by atoms with van der Waals surface area (Å²) in [5, 5.41) is 10.8. The standard InChI is InChI=1S/C24H33NO4/c1-24-8-7-17-16-4-3-15(28-2)13-18(16)23(27)19(14-25-9-11-29-12-10-25)22(17)20(24)5-6-21(24)26/h3-4,13,17,19-22,26H,5-12,14H2,1-2H3/t17-,19-,20+,21+,22+,24+/m1/s1. The maximum atomic E-state index is 13.8. The van der Waals surface area contributed by atoms with E-state index in [-0.39, 0.29) is 23.2 Å². The van der Waals surface area contributed by atoms with Crippen LogP contribution in [0.4, 0.5) is 0 Å². The number of carbonyl (C=O) groups excluding carboxylic acids is 1. The molecular formula is C24H33NO4. The van der Waals surface area contributed by atoms with Crippen molar-refractivity contribution in [1.29, 1.82) is 0 Å². The Labute approximate surface area is 173 Å². The van der Waals surface area contributed by atoms with Crippen LogP contribution in [-0.2, 0) is 4.74 Å². The highest BCUT2D eigenvalue weighted by Crippen LogP contribution is 2.62. The van der Waals surface area contributed by atoms with Crippen LogP contribution >= 0.6 is 0 Å². The minimum atomic E-state index is -0.232. The van der Waals surface area contributed by atoms with Gasteiger partial charge in [0.15, 0.2) is 5.78 Å². The van der Waals surface area contributed by atoms with Gasteiger partial charge in [-0.15, -0.1) is 0 Å². The quantitative estimate of drug-likeness (QED) is 0.846. The van der Waals surface area contributed by atoms with Crippen molar-refractivity contribution in [3.8, 4) is 5.75 Å². The van der Waals surface area contributed by atoms with Gasteiger partial charge in [-0.25, -0.2) is 0 Å². The van der Waals surface area contributed by atoms with Gasteiger partial charge in [0, 0.05) is 31.1 Å². The summed E-state index contributed by atoms with van der Waals surface area (Å²) in [7, 11) is 1.66. The molecule has 5 rings (SSSR count). The van der Waals surface area contributed by atoms with E-state index in [4.69, 9.17) is 9.47 Å². The summed E-state index contributed by atoms with van der Waals surface area (Å²) in [6.07, 6.45) is 3.78. The molecule has 0 radical (unpaired) electrons. The van der Waals surface area contributed by atoms with Crippen LogP contribution in [0.1, 0.15) is 54.4 Å².